The number of ether oxygens (including phenoxy) is 2. The Bertz CT molecular complexity index is 926. The van der Waals surface area contributed by atoms with Crippen LogP contribution >= 0.6 is 0 Å². The van der Waals surface area contributed by atoms with Gasteiger partial charge in [-0.3, -0.25) is 4.79 Å². The number of carbonyl (C=O) groups excluding carboxylic acids is 1. The molecule has 0 bridgehead atoms. The highest BCUT2D eigenvalue weighted by atomic mass is 32.2. The zero-order chi connectivity index (χ0) is 20.9. The van der Waals surface area contributed by atoms with Crippen molar-refractivity contribution in [3.63, 3.8) is 0 Å². The summed E-state index contributed by atoms with van der Waals surface area (Å²) in [6.45, 7) is 3.40. The van der Waals surface area contributed by atoms with Crippen LogP contribution < -0.4 is 14.4 Å². The Morgan fingerprint density at radius 2 is 1.68 bits per heavy atom. The van der Waals surface area contributed by atoms with E-state index in [1.165, 1.54) is 18.1 Å². The lowest BCUT2D eigenvalue weighted by atomic mass is 10.2. The third-order valence-electron chi connectivity index (χ3n) is 4.50. The molecule has 0 radical (unpaired) electrons. The van der Waals surface area contributed by atoms with Gasteiger partial charge in [-0.2, -0.15) is 4.31 Å². The minimum Gasteiger partial charge on any atom is -0.497 e. The Labute approximate surface area is 166 Å². The number of likely N-dealkylation sites (N-methyl/N-ethyl adjacent to an activating group) is 2. The number of nitrogens with zero attached hydrogens (tertiary/aromatic N) is 2. The van der Waals surface area contributed by atoms with Crippen molar-refractivity contribution < 1.29 is 22.7 Å². The van der Waals surface area contributed by atoms with Gasteiger partial charge < -0.3 is 14.4 Å². The molecule has 28 heavy (non-hydrogen) atoms. The van der Waals surface area contributed by atoms with Crippen molar-refractivity contribution in [2.24, 2.45) is 0 Å². The van der Waals surface area contributed by atoms with Crippen LogP contribution in [0.25, 0.3) is 0 Å². The lowest BCUT2D eigenvalue weighted by Crippen LogP contribution is -2.41. The molecule has 0 aliphatic rings. The van der Waals surface area contributed by atoms with Crippen LogP contribution in [0, 0.1) is 6.92 Å². The van der Waals surface area contributed by atoms with Crippen molar-refractivity contribution in [1.82, 2.24) is 4.31 Å². The van der Waals surface area contributed by atoms with Crippen LogP contribution in [0.3, 0.4) is 0 Å². The molecule has 152 valence electrons. The minimum atomic E-state index is -3.81. The highest BCUT2D eigenvalue weighted by molar-refractivity contribution is 7.89. The van der Waals surface area contributed by atoms with Crippen molar-refractivity contribution >= 4 is 21.6 Å². The molecule has 0 saturated carbocycles. The van der Waals surface area contributed by atoms with E-state index < -0.39 is 10.0 Å². The number of hydrogen-bond donors (Lipinski definition) is 0. The van der Waals surface area contributed by atoms with Crippen molar-refractivity contribution in [2.45, 2.75) is 18.7 Å². The van der Waals surface area contributed by atoms with Crippen LogP contribution in [-0.2, 0) is 14.8 Å². The number of amides is 1. The molecule has 1 amide bonds. The van der Waals surface area contributed by atoms with Gasteiger partial charge in [0.25, 0.3) is 0 Å². The molecule has 0 aromatic heterocycles. The maximum Gasteiger partial charge on any atom is 0.243 e. The van der Waals surface area contributed by atoms with Gasteiger partial charge in [-0.05, 0) is 55.0 Å². The van der Waals surface area contributed by atoms with E-state index in [2.05, 4.69) is 0 Å². The van der Waals surface area contributed by atoms with Crippen LogP contribution in [-0.4, -0.2) is 53.0 Å². The Morgan fingerprint density at radius 3 is 2.18 bits per heavy atom. The summed E-state index contributed by atoms with van der Waals surface area (Å²) in [6.07, 6.45) is 0. The van der Waals surface area contributed by atoms with Crippen LogP contribution in [0.5, 0.6) is 11.5 Å². The van der Waals surface area contributed by atoms with Gasteiger partial charge in [0.05, 0.1) is 25.7 Å². The Hall–Kier alpha value is -2.58. The molecule has 0 aliphatic heterocycles. The topological polar surface area (TPSA) is 76.2 Å². The largest absolute Gasteiger partial charge is 0.497 e. The smallest absolute Gasteiger partial charge is 0.243 e. The molecule has 0 fully saturated rings. The minimum absolute atomic E-state index is 0.132. The second kappa shape index (κ2) is 9.07. The van der Waals surface area contributed by atoms with Crippen LogP contribution in [0.1, 0.15) is 12.5 Å². The van der Waals surface area contributed by atoms with Crippen LogP contribution in [0.2, 0.25) is 0 Å². The molecule has 0 spiro atoms. The summed E-state index contributed by atoms with van der Waals surface area (Å²) >= 11 is 0. The molecule has 0 heterocycles. The zero-order valence-electron chi connectivity index (χ0n) is 16.8. The third kappa shape index (κ3) is 4.63. The summed E-state index contributed by atoms with van der Waals surface area (Å²) in [7, 11) is 0.898. The molecule has 0 saturated heterocycles. The van der Waals surface area contributed by atoms with E-state index in [9.17, 15) is 13.2 Å². The Balaban J connectivity index is 2.21. The average molecular weight is 407 g/mol. The van der Waals surface area contributed by atoms with Crippen molar-refractivity contribution in [2.75, 3.05) is 39.3 Å². The molecule has 2 rings (SSSR count). The molecule has 2 aromatic rings. The SMILES string of the molecule is CCN(CC(=O)N(C)c1ccc(OC)cc1)S(=O)(=O)c1ccc(OC)c(C)c1. The van der Waals surface area contributed by atoms with E-state index in [1.807, 2.05) is 0 Å². The van der Waals surface area contributed by atoms with E-state index >= 15 is 0 Å². The second-order valence-electron chi connectivity index (χ2n) is 6.21. The van der Waals surface area contributed by atoms with E-state index in [4.69, 9.17) is 9.47 Å². The van der Waals surface area contributed by atoms with Gasteiger partial charge in [-0.25, -0.2) is 8.42 Å². The summed E-state index contributed by atoms with van der Waals surface area (Å²) < 4.78 is 37.4. The fourth-order valence-corrected chi connectivity index (χ4v) is 4.22. The fourth-order valence-electron chi connectivity index (χ4n) is 2.73. The van der Waals surface area contributed by atoms with Gasteiger partial charge in [0.1, 0.15) is 11.5 Å². The second-order valence-corrected chi connectivity index (χ2v) is 8.15. The van der Waals surface area contributed by atoms with E-state index in [1.54, 1.807) is 64.4 Å². The van der Waals surface area contributed by atoms with Gasteiger partial charge in [0.2, 0.25) is 15.9 Å². The first-order valence-electron chi connectivity index (χ1n) is 8.80. The standard InChI is InChI=1S/C20H26N2O5S/c1-6-22(28(24,25)18-11-12-19(27-5)15(2)13-18)14-20(23)21(3)16-7-9-17(26-4)10-8-16/h7-13H,6,14H2,1-5H3. The van der Waals surface area contributed by atoms with Crippen molar-refractivity contribution in [1.29, 1.82) is 0 Å². The van der Waals surface area contributed by atoms with Crippen molar-refractivity contribution in [3.05, 3.63) is 48.0 Å². The predicted molar refractivity (Wildman–Crippen MR) is 109 cm³/mol. The highest BCUT2D eigenvalue weighted by Crippen LogP contribution is 2.24. The lowest BCUT2D eigenvalue weighted by molar-refractivity contribution is -0.118. The molecule has 8 heteroatoms. The number of aryl methyl sites for hydroxylation is 1. The summed E-state index contributed by atoms with van der Waals surface area (Å²) in [5.74, 6) is 0.954. The third-order valence-corrected chi connectivity index (χ3v) is 6.42. The first-order valence-corrected chi connectivity index (χ1v) is 10.2. The number of carbonyl (C=O) groups is 1. The quantitative estimate of drug-likeness (QED) is 0.674. The van der Waals surface area contributed by atoms with E-state index in [0.29, 0.717) is 22.7 Å². The van der Waals surface area contributed by atoms with Gasteiger partial charge in [0.15, 0.2) is 0 Å². The summed E-state index contributed by atoms with van der Waals surface area (Å²) in [5, 5.41) is 0. The van der Waals surface area contributed by atoms with Gasteiger partial charge in [-0.1, -0.05) is 6.92 Å². The maximum absolute atomic E-state index is 13.0. The molecule has 0 atom stereocenters. The normalized spacial score (nSPS) is 11.4. The van der Waals surface area contributed by atoms with Crippen LogP contribution in [0.4, 0.5) is 5.69 Å². The molecule has 2 aromatic carbocycles. The first kappa shape index (κ1) is 21.7. The number of hydrogen-bond acceptors (Lipinski definition) is 5. The number of methoxy groups -OCH3 is 2. The molecular weight excluding hydrogens is 380 g/mol. The predicted octanol–water partition coefficient (Wildman–Crippen LogP) is 2.69. The molecule has 0 aliphatic carbocycles. The molecule has 0 unspecified atom stereocenters. The molecule has 0 N–H and O–H groups in total. The monoisotopic (exact) mass is 406 g/mol. The summed E-state index contributed by atoms with van der Waals surface area (Å²) in [6, 6.07) is 11.6. The Kier molecular flexibility index (Phi) is 7.04. The maximum atomic E-state index is 13.0. The summed E-state index contributed by atoms with van der Waals surface area (Å²) in [4.78, 5) is 14.2. The first-order chi connectivity index (χ1) is 13.2. The van der Waals surface area contributed by atoms with E-state index in [-0.39, 0.29) is 23.9 Å². The fraction of sp³-hybridized carbons (Fsp3) is 0.350. The lowest BCUT2D eigenvalue weighted by Gasteiger charge is -2.24. The van der Waals surface area contributed by atoms with Gasteiger partial charge >= 0.3 is 0 Å². The van der Waals surface area contributed by atoms with Gasteiger partial charge in [-0.15, -0.1) is 0 Å². The summed E-state index contributed by atoms with van der Waals surface area (Å²) in [5.41, 5.74) is 1.36. The average Bonchev–Trinajstić information content (AvgIpc) is 2.70. The number of benzene rings is 2. The highest BCUT2D eigenvalue weighted by Gasteiger charge is 2.27. The van der Waals surface area contributed by atoms with E-state index in [0.717, 1.165) is 4.31 Å². The Morgan fingerprint density at radius 1 is 1.04 bits per heavy atom. The van der Waals surface area contributed by atoms with Crippen LogP contribution in [0.15, 0.2) is 47.4 Å². The molecular formula is C20H26N2O5S. The number of anilines is 1. The van der Waals surface area contributed by atoms with Crippen molar-refractivity contribution in [3.8, 4) is 11.5 Å². The zero-order valence-corrected chi connectivity index (χ0v) is 17.6. The number of sulfonamides is 1. The van der Waals surface area contributed by atoms with Gasteiger partial charge in [0, 0.05) is 19.3 Å². The number of rotatable bonds is 8. The molecule has 7 nitrogen and oxygen atoms in total.